The molecule has 1 heterocycles. The Morgan fingerprint density at radius 1 is 1.25 bits per heavy atom. The van der Waals surface area contributed by atoms with Crippen molar-refractivity contribution in [1.82, 2.24) is 4.90 Å². The first-order valence-corrected chi connectivity index (χ1v) is 7.50. The molecular weight excluding hydrogens is 248 g/mol. The summed E-state index contributed by atoms with van der Waals surface area (Å²) in [6.07, 6.45) is 4.69. The highest BCUT2D eigenvalue weighted by molar-refractivity contribution is 5.77. The summed E-state index contributed by atoms with van der Waals surface area (Å²) in [6.45, 7) is 3.81. The van der Waals surface area contributed by atoms with Crippen LogP contribution in [-0.4, -0.2) is 23.9 Å². The van der Waals surface area contributed by atoms with Crippen LogP contribution in [0.3, 0.4) is 0 Å². The zero-order valence-electron chi connectivity index (χ0n) is 12.1. The van der Waals surface area contributed by atoms with Gasteiger partial charge in [0.2, 0.25) is 5.91 Å². The van der Waals surface area contributed by atoms with Crippen LogP contribution in [0.5, 0.6) is 0 Å². The second-order valence-corrected chi connectivity index (χ2v) is 5.42. The minimum absolute atomic E-state index is 0.121. The summed E-state index contributed by atoms with van der Waals surface area (Å²) in [5.41, 5.74) is 2.21. The van der Waals surface area contributed by atoms with Gasteiger partial charge in [0.05, 0.1) is 12.0 Å². The number of piperidine rings is 1. The number of benzene rings is 1. The molecule has 0 N–H and O–H groups in total. The summed E-state index contributed by atoms with van der Waals surface area (Å²) in [4.78, 5) is 14.1. The van der Waals surface area contributed by atoms with Gasteiger partial charge in [-0.1, -0.05) is 31.2 Å². The van der Waals surface area contributed by atoms with Crippen LogP contribution in [0.1, 0.15) is 49.7 Å². The number of hydrogen-bond donors (Lipinski definition) is 0. The number of carbonyl (C=O) groups is 1. The predicted octanol–water partition coefficient (Wildman–Crippen LogP) is 3.26. The Balaban J connectivity index is 2.00. The maximum atomic E-state index is 12.2. The van der Waals surface area contributed by atoms with Gasteiger partial charge in [-0.2, -0.15) is 5.26 Å². The third kappa shape index (κ3) is 3.60. The van der Waals surface area contributed by atoms with Gasteiger partial charge in [-0.3, -0.25) is 4.79 Å². The van der Waals surface area contributed by atoms with E-state index in [1.807, 2.05) is 29.2 Å². The van der Waals surface area contributed by atoms with Crippen molar-refractivity contribution in [3.8, 4) is 6.07 Å². The van der Waals surface area contributed by atoms with Crippen LogP contribution in [0.25, 0.3) is 0 Å². The molecule has 1 amide bonds. The molecule has 0 aromatic heterocycles. The molecule has 1 atom stereocenters. The number of carbonyl (C=O) groups excluding carboxylic acids is 1. The van der Waals surface area contributed by atoms with E-state index in [9.17, 15) is 10.1 Å². The van der Waals surface area contributed by atoms with Crippen LogP contribution in [0.2, 0.25) is 0 Å². The monoisotopic (exact) mass is 270 g/mol. The van der Waals surface area contributed by atoms with Crippen molar-refractivity contribution >= 4 is 5.91 Å². The minimum atomic E-state index is -0.324. The summed E-state index contributed by atoms with van der Waals surface area (Å²) < 4.78 is 0. The third-order valence-electron chi connectivity index (χ3n) is 4.03. The summed E-state index contributed by atoms with van der Waals surface area (Å²) >= 11 is 0. The molecule has 1 saturated heterocycles. The normalized spacial score (nSPS) is 16.5. The maximum Gasteiger partial charge on any atom is 0.224 e. The fraction of sp³-hybridized carbons (Fsp3) is 0.529. The summed E-state index contributed by atoms with van der Waals surface area (Å²) in [6, 6.07) is 10.3. The van der Waals surface area contributed by atoms with E-state index >= 15 is 0 Å². The van der Waals surface area contributed by atoms with Gasteiger partial charge >= 0.3 is 0 Å². The second-order valence-electron chi connectivity index (χ2n) is 5.42. The number of hydrogen-bond acceptors (Lipinski definition) is 2. The predicted molar refractivity (Wildman–Crippen MR) is 79.2 cm³/mol. The third-order valence-corrected chi connectivity index (χ3v) is 4.03. The van der Waals surface area contributed by atoms with Gasteiger partial charge in [0, 0.05) is 19.5 Å². The first-order chi connectivity index (χ1) is 9.74. The molecule has 0 bridgehead atoms. The standard InChI is InChI=1S/C17H22N2O/c1-2-14-6-8-15(9-7-14)16(13-18)12-17(20)19-10-4-3-5-11-19/h6-9,16H,2-5,10-12H2,1H3. The van der Waals surface area contributed by atoms with Gasteiger partial charge in [-0.05, 0) is 36.8 Å². The van der Waals surface area contributed by atoms with Crippen LogP contribution < -0.4 is 0 Å². The molecule has 2 rings (SSSR count). The number of amides is 1. The second kappa shape index (κ2) is 7.09. The van der Waals surface area contributed by atoms with Gasteiger partial charge in [0.15, 0.2) is 0 Å². The Hall–Kier alpha value is -1.82. The minimum Gasteiger partial charge on any atom is -0.343 e. The van der Waals surface area contributed by atoms with E-state index in [1.165, 1.54) is 12.0 Å². The Morgan fingerprint density at radius 2 is 1.90 bits per heavy atom. The molecule has 1 aromatic rings. The highest BCUT2D eigenvalue weighted by Crippen LogP contribution is 2.22. The topological polar surface area (TPSA) is 44.1 Å². The van der Waals surface area contributed by atoms with E-state index in [-0.39, 0.29) is 11.8 Å². The Bertz CT molecular complexity index is 481. The van der Waals surface area contributed by atoms with E-state index < -0.39 is 0 Å². The molecule has 0 aliphatic carbocycles. The molecule has 1 fully saturated rings. The molecular formula is C17H22N2O. The van der Waals surface area contributed by atoms with Crippen molar-refractivity contribution in [1.29, 1.82) is 5.26 Å². The van der Waals surface area contributed by atoms with Gasteiger partial charge in [-0.15, -0.1) is 0 Å². The lowest BCUT2D eigenvalue weighted by Gasteiger charge is -2.27. The molecule has 1 aliphatic rings. The van der Waals surface area contributed by atoms with Gasteiger partial charge in [-0.25, -0.2) is 0 Å². The summed E-state index contributed by atoms with van der Waals surface area (Å²) in [5.74, 6) is -0.203. The van der Waals surface area contributed by atoms with Crippen molar-refractivity contribution in [3.05, 3.63) is 35.4 Å². The largest absolute Gasteiger partial charge is 0.343 e. The molecule has 106 valence electrons. The van der Waals surface area contributed by atoms with Gasteiger partial charge in [0.1, 0.15) is 0 Å². The van der Waals surface area contributed by atoms with Crippen molar-refractivity contribution in [2.45, 2.75) is 44.9 Å². The molecule has 1 aliphatic heterocycles. The lowest BCUT2D eigenvalue weighted by Crippen LogP contribution is -2.36. The zero-order chi connectivity index (χ0) is 14.4. The lowest BCUT2D eigenvalue weighted by molar-refractivity contribution is -0.132. The van der Waals surface area contributed by atoms with E-state index in [0.717, 1.165) is 37.9 Å². The summed E-state index contributed by atoms with van der Waals surface area (Å²) in [7, 11) is 0. The van der Waals surface area contributed by atoms with E-state index in [4.69, 9.17) is 0 Å². The first kappa shape index (κ1) is 14.6. The van der Waals surface area contributed by atoms with Crippen LogP contribution >= 0.6 is 0 Å². The highest BCUT2D eigenvalue weighted by atomic mass is 16.2. The number of nitriles is 1. The van der Waals surface area contributed by atoms with Crippen molar-refractivity contribution in [2.24, 2.45) is 0 Å². The van der Waals surface area contributed by atoms with Gasteiger partial charge in [0.25, 0.3) is 0 Å². The number of likely N-dealkylation sites (tertiary alicyclic amines) is 1. The fourth-order valence-corrected chi connectivity index (χ4v) is 2.67. The molecule has 1 unspecified atom stereocenters. The van der Waals surface area contributed by atoms with Crippen LogP contribution in [-0.2, 0) is 11.2 Å². The van der Waals surface area contributed by atoms with E-state index in [0.29, 0.717) is 6.42 Å². The smallest absolute Gasteiger partial charge is 0.224 e. The van der Waals surface area contributed by atoms with Crippen LogP contribution in [0, 0.1) is 11.3 Å². The Morgan fingerprint density at radius 3 is 2.45 bits per heavy atom. The highest BCUT2D eigenvalue weighted by Gasteiger charge is 2.21. The van der Waals surface area contributed by atoms with Crippen LogP contribution in [0.15, 0.2) is 24.3 Å². The average molecular weight is 270 g/mol. The van der Waals surface area contributed by atoms with E-state index in [1.54, 1.807) is 0 Å². The molecule has 3 nitrogen and oxygen atoms in total. The first-order valence-electron chi connectivity index (χ1n) is 7.50. The summed E-state index contributed by atoms with van der Waals surface area (Å²) in [5, 5.41) is 9.33. The fourth-order valence-electron chi connectivity index (χ4n) is 2.67. The Kier molecular flexibility index (Phi) is 5.17. The molecule has 0 spiro atoms. The molecule has 0 saturated carbocycles. The lowest BCUT2D eigenvalue weighted by atomic mass is 9.95. The van der Waals surface area contributed by atoms with Crippen molar-refractivity contribution in [2.75, 3.05) is 13.1 Å². The zero-order valence-corrected chi connectivity index (χ0v) is 12.1. The van der Waals surface area contributed by atoms with E-state index in [2.05, 4.69) is 13.0 Å². The number of aryl methyl sites for hydroxylation is 1. The molecule has 3 heteroatoms. The molecule has 0 radical (unpaired) electrons. The molecule has 1 aromatic carbocycles. The SMILES string of the molecule is CCc1ccc(C(C#N)CC(=O)N2CCCCC2)cc1. The molecule has 20 heavy (non-hydrogen) atoms. The van der Waals surface area contributed by atoms with Crippen LogP contribution in [0.4, 0.5) is 0 Å². The van der Waals surface area contributed by atoms with Crippen molar-refractivity contribution < 1.29 is 4.79 Å². The average Bonchev–Trinajstić information content (AvgIpc) is 2.53. The number of rotatable bonds is 4. The van der Waals surface area contributed by atoms with Gasteiger partial charge < -0.3 is 4.90 Å². The maximum absolute atomic E-state index is 12.2. The van der Waals surface area contributed by atoms with Crippen molar-refractivity contribution in [3.63, 3.8) is 0 Å². The Labute approximate surface area is 121 Å². The number of nitrogens with zero attached hydrogens (tertiary/aromatic N) is 2. The quantitative estimate of drug-likeness (QED) is 0.843.